The zero-order valence-corrected chi connectivity index (χ0v) is 25.6. The largest absolute Gasteiger partial charge is 0.436 e. The van der Waals surface area contributed by atoms with Crippen molar-refractivity contribution in [3.05, 3.63) is 143 Å². The van der Waals surface area contributed by atoms with Crippen LogP contribution in [0.1, 0.15) is 12.0 Å². The molecule has 6 heteroatoms. The van der Waals surface area contributed by atoms with Crippen LogP contribution in [0.2, 0.25) is 0 Å². The van der Waals surface area contributed by atoms with Crippen LogP contribution in [0.5, 0.6) is 0 Å². The average molecular weight is 616 g/mol. The summed E-state index contributed by atoms with van der Waals surface area (Å²) in [5.41, 5.74) is 9.49. The Labute approximate surface area is 274 Å². The highest BCUT2D eigenvalue weighted by Crippen LogP contribution is 2.37. The van der Waals surface area contributed by atoms with Crippen LogP contribution in [0.15, 0.2) is 131 Å². The van der Waals surface area contributed by atoms with Crippen LogP contribution in [0.4, 0.5) is 0 Å². The first-order valence-corrected chi connectivity index (χ1v) is 16.0. The van der Waals surface area contributed by atoms with Gasteiger partial charge in [0.05, 0.1) is 33.3 Å². The van der Waals surface area contributed by atoms with Gasteiger partial charge in [0.25, 0.3) is 0 Å². The fraction of sp³-hybridized carbons (Fsp3) is 0.0476. The van der Waals surface area contributed by atoms with Gasteiger partial charge in [-0.2, -0.15) is 5.26 Å². The van der Waals surface area contributed by atoms with Crippen molar-refractivity contribution in [2.75, 3.05) is 0 Å². The summed E-state index contributed by atoms with van der Waals surface area (Å²) in [7, 11) is 0. The van der Waals surface area contributed by atoms with Gasteiger partial charge in [0.15, 0.2) is 0 Å². The van der Waals surface area contributed by atoms with Crippen LogP contribution >= 0.6 is 0 Å². The maximum atomic E-state index is 10.7. The van der Waals surface area contributed by atoms with E-state index in [-0.39, 0.29) is 0 Å². The van der Waals surface area contributed by atoms with Gasteiger partial charge in [0.1, 0.15) is 22.9 Å². The first kappa shape index (κ1) is 26.6. The van der Waals surface area contributed by atoms with Gasteiger partial charge in [-0.1, -0.05) is 78.9 Å². The fourth-order valence-electron chi connectivity index (χ4n) is 7.31. The molecule has 0 spiro atoms. The van der Waals surface area contributed by atoms with Gasteiger partial charge in [0, 0.05) is 44.6 Å². The van der Waals surface area contributed by atoms with Crippen molar-refractivity contribution in [2.45, 2.75) is 6.42 Å². The monoisotopic (exact) mass is 615 g/mol. The summed E-state index contributed by atoms with van der Waals surface area (Å²) < 4.78 is 8.41. The predicted octanol–water partition coefficient (Wildman–Crippen LogP) is 8.15. The standard InChI is InChI=1S/C42H25N5O/c43-24-30-20-28(17-18-35(30)47-36-13-5-3-11-31(36)33-21-26-8-1-2-9-27(26)23-37(33)47)39-40(29-16-15-25-10-7-19-44-34(25)22-29)46-42-41(45-39)32-12-4-6-14-38(32)48-42/h1-7,9-23,26H,8H2. The molecule has 4 aromatic heterocycles. The lowest BCUT2D eigenvalue weighted by atomic mass is 9.87. The number of allylic oxidation sites excluding steroid dienone is 4. The second-order valence-electron chi connectivity index (χ2n) is 12.3. The lowest BCUT2D eigenvalue weighted by Crippen LogP contribution is -2.33. The first-order valence-electron chi connectivity index (χ1n) is 16.0. The number of rotatable bonds is 3. The fourth-order valence-corrected chi connectivity index (χ4v) is 7.31. The van der Waals surface area contributed by atoms with Crippen molar-refractivity contribution in [1.29, 1.82) is 5.26 Å². The van der Waals surface area contributed by atoms with E-state index in [1.807, 2.05) is 66.7 Å². The molecule has 2 aliphatic carbocycles. The number of benzene rings is 4. The van der Waals surface area contributed by atoms with Crippen LogP contribution in [-0.4, -0.2) is 19.5 Å². The van der Waals surface area contributed by atoms with Gasteiger partial charge in [-0.3, -0.25) is 4.98 Å². The quantitative estimate of drug-likeness (QED) is 0.200. The Morgan fingerprint density at radius 1 is 0.833 bits per heavy atom. The Morgan fingerprint density at radius 3 is 2.60 bits per heavy atom. The van der Waals surface area contributed by atoms with Gasteiger partial charge in [-0.15, -0.1) is 0 Å². The molecule has 1 unspecified atom stereocenters. The highest BCUT2D eigenvalue weighted by atomic mass is 16.3. The molecule has 4 aromatic carbocycles. The SMILES string of the molecule is N#Cc1cc(-c2nc3c(nc2-c2ccc4cccnc4c2)oc2ccccc23)ccc1-n1c2c(c3ccccc31)=CC1CC=CC=C1C=2. The summed E-state index contributed by atoms with van der Waals surface area (Å²) >= 11 is 0. The van der Waals surface area contributed by atoms with E-state index in [9.17, 15) is 5.26 Å². The Morgan fingerprint density at radius 2 is 1.67 bits per heavy atom. The van der Waals surface area contributed by atoms with Gasteiger partial charge in [-0.05, 0) is 60.5 Å². The molecule has 0 fully saturated rings. The maximum absolute atomic E-state index is 10.7. The smallest absolute Gasteiger partial charge is 0.246 e. The van der Waals surface area contributed by atoms with E-state index < -0.39 is 0 Å². The summed E-state index contributed by atoms with van der Waals surface area (Å²) in [5.74, 6) is 0.357. The normalized spacial score (nSPS) is 15.1. The molecule has 0 amide bonds. The van der Waals surface area contributed by atoms with E-state index in [4.69, 9.17) is 14.4 Å². The summed E-state index contributed by atoms with van der Waals surface area (Å²) in [5, 5.41) is 16.1. The van der Waals surface area contributed by atoms with Crippen molar-refractivity contribution in [2.24, 2.45) is 5.92 Å². The van der Waals surface area contributed by atoms with Gasteiger partial charge in [0.2, 0.25) is 5.71 Å². The molecular weight excluding hydrogens is 590 g/mol. The molecule has 4 heterocycles. The average Bonchev–Trinajstić information content (AvgIpc) is 3.67. The lowest BCUT2D eigenvalue weighted by Gasteiger charge is -2.18. The number of para-hydroxylation sites is 2. The van der Waals surface area contributed by atoms with Crippen LogP contribution in [0, 0.1) is 17.2 Å². The molecule has 0 saturated carbocycles. The minimum Gasteiger partial charge on any atom is -0.436 e. The van der Waals surface area contributed by atoms with Gasteiger partial charge in [-0.25, -0.2) is 9.97 Å². The number of nitriles is 1. The number of hydrogen-bond donors (Lipinski definition) is 0. The third-order valence-electron chi connectivity index (χ3n) is 9.59. The second-order valence-corrected chi connectivity index (χ2v) is 12.3. The molecule has 0 saturated heterocycles. The first-order chi connectivity index (χ1) is 23.7. The molecule has 6 nitrogen and oxygen atoms in total. The van der Waals surface area contributed by atoms with E-state index in [0.29, 0.717) is 34.1 Å². The molecule has 8 aromatic rings. The molecule has 224 valence electrons. The Hall–Kier alpha value is -6.58. The lowest BCUT2D eigenvalue weighted by molar-refractivity contribution is 0.653. The van der Waals surface area contributed by atoms with Crippen molar-refractivity contribution in [1.82, 2.24) is 19.5 Å². The molecule has 0 bridgehead atoms. The minimum atomic E-state index is 0.357. The number of hydrogen-bond acceptors (Lipinski definition) is 5. The van der Waals surface area contributed by atoms with Crippen LogP contribution in [-0.2, 0) is 0 Å². The summed E-state index contributed by atoms with van der Waals surface area (Å²) in [6.45, 7) is 0. The zero-order chi connectivity index (χ0) is 31.8. The van der Waals surface area contributed by atoms with E-state index in [0.717, 1.165) is 56.0 Å². The van der Waals surface area contributed by atoms with E-state index in [1.54, 1.807) is 6.20 Å². The van der Waals surface area contributed by atoms with Crippen LogP contribution in [0.25, 0.3) is 84.4 Å². The molecule has 48 heavy (non-hydrogen) atoms. The summed E-state index contributed by atoms with van der Waals surface area (Å²) in [6, 6.07) is 34.9. The van der Waals surface area contributed by atoms with Crippen LogP contribution in [0.3, 0.4) is 0 Å². The van der Waals surface area contributed by atoms with Crippen molar-refractivity contribution in [3.8, 4) is 34.3 Å². The van der Waals surface area contributed by atoms with E-state index >= 15 is 0 Å². The van der Waals surface area contributed by atoms with Gasteiger partial charge >= 0.3 is 0 Å². The van der Waals surface area contributed by atoms with Gasteiger partial charge < -0.3 is 8.98 Å². The number of aromatic nitrogens is 4. The minimum absolute atomic E-state index is 0.357. The second kappa shape index (κ2) is 10.2. The predicted molar refractivity (Wildman–Crippen MR) is 191 cm³/mol. The van der Waals surface area contributed by atoms with Crippen molar-refractivity contribution >= 4 is 56.2 Å². The highest BCUT2D eigenvalue weighted by Gasteiger charge is 2.22. The Bertz CT molecular complexity index is 2900. The van der Waals surface area contributed by atoms with E-state index in [1.165, 1.54) is 16.2 Å². The molecule has 0 radical (unpaired) electrons. The summed E-state index contributed by atoms with van der Waals surface area (Å²) in [6.07, 6.45) is 14.0. The number of nitrogens with zero attached hydrogens (tertiary/aromatic N) is 5. The third kappa shape index (κ3) is 3.95. The van der Waals surface area contributed by atoms with Crippen molar-refractivity contribution < 1.29 is 4.42 Å². The van der Waals surface area contributed by atoms with Crippen LogP contribution < -0.4 is 10.6 Å². The Balaban J connectivity index is 1.22. The third-order valence-corrected chi connectivity index (χ3v) is 9.59. The molecular formula is C42H25N5O. The topological polar surface area (TPSA) is 80.5 Å². The number of furan rings is 1. The number of fused-ring (bicyclic) bond motifs is 8. The Kier molecular flexibility index (Phi) is 5.66. The highest BCUT2D eigenvalue weighted by molar-refractivity contribution is 6.03. The van der Waals surface area contributed by atoms with Crippen molar-refractivity contribution in [3.63, 3.8) is 0 Å². The molecule has 0 N–H and O–H groups in total. The van der Waals surface area contributed by atoms with E-state index in [2.05, 4.69) is 76.3 Å². The maximum Gasteiger partial charge on any atom is 0.246 e. The molecule has 1 atom stereocenters. The number of pyridine rings is 1. The molecule has 10 rings (SSSR count). The zero-order valence-electron chi connectivity index (χ0n) is 25.6. The molecule has 0 aliphatic heterocycles. The summed E-state index contributed by atoms with van der Waals surface area (Å²) in [4.78, 5) is 14.9. The molecule has 2 aliphatic rings.